The molecule has 3 aromatic carbocycles. The van der Waals surface area contributed by atoms with Gasteiger partial charge in [-0.05, 0) is 70.5 Å². The molecule has 3 amide bonds. The molecule has 2 heterocycles. The van der Waals surface area contributed by atoms with E-state index in [2.05, 4.69) is 36.9 Å². The molecule has 0 radical (unpaired) electrons. The summed E-state index contributed by atoms with van der Waals surface area (Å²) in [4.78, 5) is 28.5. The van der Waals surface area contributed by atoms with E-state index in [1.165, 1.54) is 31.4 Å². The Hall–Kier alpha value is -2.50. The maximum atomic E-state index is 13.6. The number of nitrogens with two attached hydrogens (primary N) is 1. The molecule has 0 aliphatic carbocycles. The number of urea groups is 1. The number of pyridine rings is 1. The number of carbonyl (C=O) groups excluding carboxylic acids is 2. The molecule has 1 aliphatic heterocycles. The number of hydrogen-bond donors (Lipinski definition) is 4. The molecule has 0 unspecified atom stereocenters. The van der Waals surface area contributed by atoms with Gasteiger partial charge in [0.05, 0.1) is 21.2 Å². The predicted octanol–water partition coefficient (Wildman–Crippen LogP) is 3.03. The molecule has 1 aliphatic rings. The van der Waals surface area contributed by atoms with Gasteiger partial charge in [0.2, 0.25) is 0 Å². The van der Waals surface area contributed by atoms with Crippen LogP contribution in [0, 0.1) is 5.41 Å². The van der Waals surface area contributed by atoms with Crippen molar-refractivity contribution in [2.45, 2.75) is 26.2 Å². The molecular formula is C33H29BBrCl2F6IN5NaO5. The number of aromatic nitrogens is 1. The van der Waals surface area contributed by atoms with Crippen molar-refractivity contribution in [3.8, 4) is 11.5 Å². The second kappa shape index (κ2) is 20.3. The van der Waals surface area contributed by atoms with Crippen molar-refractivity contribution < 1.29 is 104 Å². The van der Waals surface area contributed by atoms with Crippen LogP contribution in [-0.2, 0) is 21.7 Å². The molecule has 5 N–H and O–H groups in total. The number of halogens is 10. The molecule has 55 heavy (non-hydrogen) atoms. The van der Waals surface area contributed by atoms with Crippen LogP contribution in [0.5, 0.6) is 11.5 Å². The van der Waals surface area contributed by atoms with Crippen LogP contribution in [0.1, 0.15) is 35.5 Å². The average molecular weight is 998 g/mol. The third-order valence-electron chi connectivity index (χ3n) is 7.13. The van der Waals surface area contributed by atoms with Gasteiger partial charge in [-0.3, -0.25) is 9.78 Å². The molecule has 4 aromatic rings. The zero-order valence-corrected chi connectivity index (χ0v) is 36.4. The number of nitrogens with one attached hydrogen (secondary N) is 3. The first-order valence-electron chi connectivity index (χ1n) is 15.2. The van der Waals surface area contributed by atoms with Gasteiger partial charge in [0.25, 0.3) is 5.91 Å². The maximum Gasteiger partial charge on any atom is 1.00 e. The third-order valence-corrected chi connectivity index (χ3v) is 8.44. The Morgan fingerprint density at radius 1 is 0.891 bits per heavy atom. The van der Waals surface area contributed by atoms with Crippen LogP contribution in [0.3, 0.4) is 0 Å². The number of nitrogens with zero attached hydrogens (tertiary/aromatic N) is 1. The van der Waals surface area contributed by atoms with E-state index >= 15 is 0 Å². The number of benzene rings is 3. The zero-order chi connectivity index (χ0) is 39.3. The Morgan fingerprint density at radius 3 is 2.02 bits per heavy atom. The number of ether oxygens (including phenoxy) is 1. The van der Waals surface area contributed by atoms with Crippen LogP contribution in [-0.4, -0.2) is 44.3 Å². The van der Waals surface area contributed by atoms with Crippen molar-refractivity contribution in [3.63, 3.8) is 0 Å². The number of alkyl halides is 6. The number of rotatable bonds is 6. The van der Waals surface area contributed by atoms with Gasteiger partial charge in [-0.15, -0.1) is 0 Å². The number of nitrogen functional groups attached to an aromatic ring is 1. The van der Waals surface area contributed by atoms with Gasteiger partial charge in [-0.1, -0.05) is 37.0 Å². The summed E-state index contributed by atoms with van der Waals surface area (Å²) in [5.41, 5.74) is 3.49. The number of anilines is 3. The van der Waals surface area contributed by atoms with Crippen molar-refractivity contribution in [2.75, 3.05) is 36.6 Å². The smallest absolute Gasteiger partial charge is 1.00 e. The monoisotopic (exact) mass is 996 g/mol. The number of hydrogen-bond acceptors (Lipinski definition) is 7. The van der Waals surface area contributed by atoms with E-state index in [0.29, 0.717) is 34.9 Å². The molecule has 0 saturated carbocycles. The van der Waals surface area contributed by atoms with Crippen molar-refractivity contribution in [2.24, 2.45) is 5.41 Å². The second-order valence-electron chi connectivity index (χ2n) is 12.0. The number of carbonyl (C=O) groups is 2. The van der Waals surface area contributed by atoms with E-state index in [1.807, 2.05) is 13.8 Å². The zero-order valence-electron chi connectivity index (χ0n) is 29.2. The van der Waals surface area contributed by atoms with E-state index in [9.17, 15) is 35.9 Å². The topological polar surface area (TPSA) is 137 Å². The average Bonchev–Trinajstić information content (AvgIpc) is 3.07. The van der Waals surface area contributed by atoms with Gasteiger partial charge in [-0.2, -0.15) is 26.3 Å². The second-order valence-corrected chi connectivity index (χ2v) is 13.7. The molecule has 0 bridgehead atoms. The Labute approximate surface area is 369 Å². The van der Waals surface area contributed by atoms with Crippen LogP contribution in [0.15, 0.2) is 71.3 Å². The van der Waals surface area contributed by atoms with E-state index in [1.54, 1.807) is 18.2 Å². The van der Waals surface area contributed by atoms with E-state index in [-0.39, 0.29) is 92.4 Å². The largest absolute Gasteiger partial charge is 1.00 e. The molecule has 1 fully saturated rings. The van der Waals surface area contributed by atoms with Crippen LogP contribution < -0.4 is 85.4 Å². The molecule has 5 rings (SSSR count). The normalized spacial score (nSPS) is 13.6. The van der Waals surface area contributed by atoms with E-state index < -0.39 is 41.7 Å². The van der Waals surface area contributed by atoms with Crippen LogP contribution in [0.2, 0.25) is 10.0 Å². The molecule has 1 aromatic heterocycles. The van der Waals surface area contributed by atoms with Crippen molar-refractivity contribution in [1.82, 2.24) is 10.3 Å². The van der Waals surface area contributed by atoms with Gasteiger partial charge in [0.1, 0.15) is 17.2 Å². The minimum Gasteiger partial charge on any atom is -1.00 e. The first-order chi connectivity index (χ1) is 24.7. The molecule has 0 spiro atoms. The fraction of sp³-hybridized carbons (Fsp3) is 0.242. The SMILES string of the molecule is CNC(=O)c1cc(Oc2ccc(NC(=O)Nc3cc(C(F)(F)F)c(Cl)cc3B3OCC(C)(C)CO3)cc2)ccn1.Nc1cc(C(F)(F)F)c(Cl)cc1Br.[124I-].[Na+]. The Kier molecular flexibility index (Phi) is 17.9. The fourth-order valence-corrected chi connectivity index (χ4v) is 5.54. The van der Waals surface area contributed by atoms with Gasteiger partial charge >= 0.3 is 55.1 Å². The molecule has 10 nitrogen and oxygen atoms in total. The molecule has 0 atom stereocenters. The van der Waals surface area contributed by atoms with Crippen molar-refractivity contribution in [1.29, 1.82) is 0 Å². The van der Waals surface area contributed by atoms with Crippen molar-refractivity contribution >= 4 is 80.7 Å². The third kappa shape index (κ3) is 13.8. The molecule has 22 heteroatoms. The predicted molar refractivity (Wildman–Crippen MR) is 193 cm³/mol. The summed E-state index contributed by atoms with van der Waals surface area (Å²) >= 11 is 14.3. The summed E-state index contributed by atoms with van der Waals surface area (Å²) < 4.78 is 94.8. The summed E-state index contributed by atoms with van der Waals surface area (Å²) in [7, 11) is 0.470. The van der Waals surface area contributed by atoms with Gasteiger partial charge in [-0.25, -0.2) is 4.79 Å². The maximum absolute atomic E-state index is 13.6. The summed E-state index contributed by atoms with van der Waals surface area (Å²) in [6.07, 6.45) is -7.78. The van der Waals surface area contributed by atoms with Crippen LogP contribution >= 0.6 is 39.1 Å². The molecular weight excluding hydrogens is 969 g/mol. The first-order valence-corrected chi connectivity index (χ1v) is 16.7. The Balaban J connectivity index is 0.000000593. The first kappa shape index (κ1) is 48.7. The standard InChI is InChI=1S/C26H25BClF3N4O5.C7H4BrClF3N.HI.Na/c1-25(2)13-38-27(39-14-25)19-12-20(28)18(26(29,30)31)11-21(19)35-24(37)34-15-4-6-16(7-5-15)40-17-8-9-33-22(10-17)23(36)32-3;8-4-2-5(9)3(1-6(4)13)7(10,11)12;;/h4-12H,13-14H2,1-3H3,(H,32,36)(H2,34,35,37);1-2H,13H2;1H;/q;;;+1/p-1/i;;1-3;. The quantitative estimate of drug-likeness (QED) is 0.101. The van der Waals surface area contributed by atoms with E-state index in [4.69, 9.17) is 43.0 Å². The van der Waals surface area contributed by atoms with Gasteiger partial charge < -0.3 is 59.7 Å². The molecule has 1 saturated heterocycles. The summed E-state index contributed by atoms with van der Waals surface area (Å²) in [6.45, 7) is 4.43. The minimum atomic E-state index is -4.75. The number of amides is 3. The van der Waals surface area contributed by atoms with Crippen LogP contribution in [0.25, 0.3) is 0 Å². The Bertz CT molecular complexity index is 1980. The summed E-state index contributed by atoms with van der Waals surface area (Å²) in [6, 6.07) is 12.2. The van der Waals surface area contributed by atoms with Gasteiger partial charge in [0.15, 0.2) is 0 Å². The fourth-order valence-electron chi connectivity index (χ4n) is 4.52. The van der Waals surface area contributed by atoms with Crippen molar-refractivity contribution in [3.05, 3.63) is 98.2 Å². The van der Waals surface area contributed by atoms with Crippen LogP contribution in [0.4, 0.5) is 48.2 Å². The van der Waals surface area contributed by atoms with E-state index in [0.717, 1.165) is 24.3 Å². The minimum absolute atomic E-state index is 0. The van der Waals surface area contributed by atoms with Gasteiger partial charge in [0, 0.05) is 64.9 Å². The molecule has 290 valence electrons. The Morgan fingerprint density at radius 2 is 1.45 bits per heavy atom. The summed E-state index contributed by atoms with van der Waals surface area (Å²) in [5.74, 6) is 0.412. The summed E-state index contributed by atoms with van der Waals surface area (Å²) in [5, 5.41) is 6.58.